The standard InChI is InChI=1S/C16H18ClF3N6/c1-25-4-6-26(7-5-25)15-13(21)14(22-9-23-15)24-12-8-10(16(18,19)20)2-3-11(12)17/h2-3,8-9H,4-7,21H2,1H3,(H,22,23,24). The van der Waals surface area contributed by atoms with Crippen LogP contribution >= 0.6 is 11.6 Å². The minimum absolute atomic E-state index is 0.0798. The number of alkyl halides is 3. The minimum Gasteiger partial charge on any atom is -0.393 e. The zero-order chi connectivity index (χ0) is 18.9. The van der Waals surface area contributed by atoms with Gasteiger partial charge in [0, 0.05) is 26.2 Å². The average Bonchev–Trinajstić information content (AvgIpc) is 2.58. The number of piperazine rings is 1. The van der Waals surface area contributed by atoms with Crippen molar-refractivity contribution in [2.45, 2.75) is 6.18 Å². The molecule has 140 valence electrons. The Balaban J connectivity index is 1.88. The van der Waals surface area contributed by atoms with Crippen LogP contribution in [0.15, 0.2) is 24.5 Å². The first-order chi connectivity index (χ1) is 12.3. The van der Waals surface area contributed by atoms with Gasteiger partial charge in [0.15, 0.2) is 11.6 Å². The molecular formula is C16H18ClF3N6. The minimum atomic E-state index is -4.47. The van der Waals surface area contributed by atoms with Crippen molar-refractivity contribution in [1.82, 2.24) is 14.9 Å². The van der Waals surface area contributed by atoms with Crippen molar-refractivity contribution in [2.24, 2.45) is 0 Å². The van der Waals surface area contributed by atoms with E-state index in [0.717, 1.165) is 38.3 Å². The number of nitrogen functional groups attached to an aromatic ring is 1. The summed E-state index contributed by atoms with van der Waals surface area (Å²) in [6.07, 6.45) is -3.14. The molecule has 1 aromatic carbocycles. The quantitative estimate of drug-likeness (QED) is 0.844. The largest absolute Gasteiger partial charge is 0.416 e. The fourth-order valence-electron chi connectivity index (χ4n) is 2.68. The molecule has 1 aliphatic heterocycles. The van der Waals surface area contributed by atoms with Crippen LogP contribution in [-0.4, -0.2) is 48.1 Å². The third-order valence-electron chi connectivity index (χ3n) is 4.21. The predicted molar refractivity (Wildman–Crippen MR) is 95.9 cm³/mol. The Bertz CT molecular complexity index is 790. The van der Waals surface area contributed by atoms with Gasteiger partial charge >= 0.3 is 6.18 Å². The van der Waals surface area contributed by atoms with Crippen LogP contribution in [0.25, 0.3) is 0 Å². The highest BCUT2D eigenvalue weighted by Crippen LogP contribution is 2.36. The molecule has 0 atom stereocenters. The summed E-state index contributed by atoms with van der Waals surface area (Å²) in [5.41, 5.74) is 5.70. The monoisotopic (exact) mass is 386 g/mol. The van der Waals surface area contributed by atoms with E-state index in [1.165, 1.54) is 12.4 Å². The molecule has 1 saturated heterocycles. The van der Waals surface area contributed by atoms with E-state index < -0.39 is 11.7 Å². The molecule has 3 rings (SSSR count). The third-order valence-corrected chi connectivity index (χ3v) is 4.54. The Kier molecular flexibility index (Phi) is 5.10. The van der Waals surface area contributed by atoms with Crippen LogP contribution in [0, 0.1) is 0 Å². The van der Waals surface area contributed by atoms with Gasteiger partial charge in [0.25, 0.3) is 0 Å². The normalized spacial score (nSPS) is 16.0. The van der Waals surface area contributed by atoms with Crippen LogP contribution in [-0.2, 0) is 6.18 Å². The van der Waals surface area contributed by atoms with E-state index in [4.69, 9.17) is 17.3 Å². The topological polar surface area (TPSA) is 70.3 Å². The molecule has 0 bridgehead atoms. The number of likely N-dealkylation sites (N-methyl/N-ethyl adjacent to an activating group) is 1. The second-order valence-corrected chi connectivity index (χ2v) is 6.47. The number of hydrogen-bond donors (Lipinski definition) is 2. The van der Waals surface area contributed by atoms with Gasteiger partial charge in [0.1, 0.15) is 12.0 Å². The zero-order valence-corrected chi connectivity index (χ0v) is 14.8. The maximum Gasteiger partial charge on any atom is 0.416 e. The van der Waals surface area contributed by atoms with Gasteiger partial charge in [-0.15, -0.1) is 0 Å². The molecule has 1 aliphatic rings. The average molecular weight is 387 g/mol. The molecule has 0 unspecified atom stereocenters. The Morgan fingerprint density at radius 3 is 2.50 bits per heavy atom. The van der Waals surface area contributed by atoms with E-state index in [1.54, 1.807) is 0 Å². The molecule has 2 heterocycles. The molecule has 1 fully saturated rings. The molecule has 3 N–H and O–H groups in total. The van der Waals surface area contributed by atoms with Crippen molar-refractivity contribution < 1.29 is 13.2 Å². The Morgan fingerprint density at radius 2 is 1.85 bits per heavy atom. The van der Waals surface area contributed by atoms with Gasteiger partial charge in [-0.3, -0.25) is 0 Å². The first-order valence-corrected chi connectivity index (χ1v) is 8.31. The van der Waals surface area contributed by atoms with Crippen molar-refractivity contribution in [2.75, 3.05) is 49.2 Å². The summed E-state index contributed by atoms with van der Waals surface area (Å²) in [5, 5.41) is 2.93. The van der Waals surface area contributed by atoms with E-state index >= 15 is 0 Å². The highest BCUT2D eigenvalue weighted by molar-refractivity contribution is 6.33. The molecule has 0 radical (unpaired) electrons. The number of benzene rings is 1. The fourth-order valence-corrected chi connectivity index (χ4v) is 2.85. The number of nitrogens with one attached hydrogen (secondary N) is 1. The van der Waals surface area contributed by atoms with Crippen molar-refractivity contribution in [1.29, 1.82) is 0 Å². The van der Waals surface area contributed by atoms with Crippen LogP contribution in [0.2, 0.25) is 5.02 Å². The number of nitrogens with two attached hydrogens (primary N) is 1. The van der Waals surface area contributed by atoms with E-state index in [1.807, 2.05) is 11.9 Å². The summed E-state index contributed by atoms with van der Waals surface area (Å²) in [7, 11) is 2.03. The Morgan fingerprint density at radius 1 is 1.15 bits per heavy atom. The van der Waals surface area contributed by atoms with Crippen LogP contribution < -0.4 is 16.0 Å². The Labute approximate surface area is 153 Å². The molecule has 0 amide bonds. The summed E-state index contributed by atoms with van der Waals surface area (Å²) in [6, 6.07) is 3.04. The zero-order valence-electron chi connectivity index (χ0n) is 14.0. The maximum atomic E-state index is 12.9. The van der Waals surface area contributed by atoms with Crippen LogP contribution in [0.1, 0.15) is 5.56 Å². The van der Waals surface area contributed by atoms with Crippen LogP contribution in [0.5, 0.6) is 0 Å². The maximum absolute atomic E-state index is 12.9. The fraction of sp³-hybridized carbons (Fsp3) is 0.375. The van der Waals surface area contributed by atoms with Gasteiger partial charge in [-0.05, 0) is 25.2 Å². The predicted octanol–water partition coefficient (Wildman–Crippen LogP) is 3.23. The lowest BCUT2D eigenvalue weighted by molar-refractivity contribution is -0.137. The smallest absolute Gasteiger partial charge is 0.393 e. The first kappa shape index (κ1) is 18.5. The molecule has 0 spiro atoms. The highest BCUT2D eigenvalue weighted by Gasteiger charge is 2.31. The molecule has 6 nitrogen and oxygen atoms in total. The van der Waals surface area contributed by atoms with Gasteiger partial charge in [-0.25, -0.2) is 9.97 Å². The van der Waals surface area contributed by atoms with Gasteiger partial charge < -0.3 is 20.9 Å². The van der Waals surface area contributed by atoms with Gasteiger partial charge in [-0.2, -0.15) is 13.2 Å². The SMILES string of the molecule is CN1CCN(c2ncnc(Nc3cc(C(F)(F)F)ccc3Cl)c2N)CC1. The summed E-state index contributed by atoms with van der Waals surface area (Å²) in [5.74, 6) is 0.772. The number of anilines is 4. The number of halogens is 4. The molecule has 0 saturated carbocycles. The second-order valence-electron chi connectivity index (χ2n) is 6.07. The molecule has 2 aromatic rings. The summed E-state index contributed by atoms with van der Waals surface area (Å²) in [4.78, 5) is 12.5. The number of nitrogens with zero attached hydrogens (tertiary/aromatic N) is 4. The summed E-state index contributed by atoms with van der Waals surface area (Å²) >= 11 is 6.02. The highest BCUT2D eigenvalue weighted by atomic mass is 35.5. The van der Waals surface area contributed by atoms with Crippen molar-refractivity contribution in [3.05, 3.63) is 35.1 Å². The van der Waals surface area contributed by atoms with Gasteiger partial charge in [0.2, 0.25) is 0 Å². The van der Waals surface area contributed by atoms with Crippen LogP contribution in [0.3, 0.4) is 0 Å². The van der Waals surface area contributed by atoms with E-state index in [-0.39, 0.29) is 22.2 Å². The Hall–Kier alpha value is -2.26. The van der Waals surface area contributed by atoms with E-state index in [2.05, 4.69) is 20.2 Å². The third kappa shape index (κ3) is 3.94. The lowest BCUT2D eigenvalue weighted by Crippen LogP contribution is -2.45. The molecular weight excluding hydrogens is 369 g/mol. The van der Waals surface area contributed by atoms with Crippen molar-refractivity contribution in [3.8, 4) is 0 Å². The van der Waals surface area contributed by atoms with E-state index in [0.29, 0.717) is 5.82 Å². The van der Waals surface area contributed by atoms with Gasteiger partial charge in [0.05, 0.1) is 16.3 Å². The first-order valence-electron chi connectivity index (χ1n) is 7.93. The number of hydrogen-bond acceptors (Lipinski definition) is 6. The number of rotatable bonds is 3. The molecule has 0 aliphatic carbocycles. The lowest BCUT2D eigenvalue weighted by Gasteiger charge is -2.33. The lowest BCUT2D eigenvalue weighted by atomic mass is 10.2. The second kappa shape index (κ2) is 7.16. The van der Waals surface area contributed by atoms with Gasteiger partial charge in [-0.1, -0.05) is 11.6 Å². The molecule has 10 heteroatoms. The summed E-state index contributed by atoms with van der Waals surface area (Å²) in [6.45, 7) is 3.24. The van der Waals surface area contributed by atoms with Crippen molar-refractivity contribution >= 4 is 34.6 Å². The number of aromatic nitrogens is 2. The molecule has 1 aromatic heterocycles. The van der Waals surface area contributed by atoms with Crippen LogP contribution in [0.4, 0.5) is 36.2 Å². The molecule has 26 heavy (non-hydrogen) atoms. The van der Waals surface area contributed by atoms with E-state index in [9.17, 15) is 13.2 Å². The van der Waals surface area contributed by atoms with Crippen molar-refractivity contribution in [3.63, 3.8) is 0 Å². The summed E-state index contributed by atoms with van der Waals surface area (Å²) < 4.78 is 38.8.